The van der Waals surface area contributed by atoms with Crippen LogP contribution in [0.4, 0.5) is 0 Å². The summed E-state index contributed by atoms with van der Waals surface area (Å²) >= 11 is 7.31. The maximum Gasteiger partial charge on any atom is 0.270 e. The summed E-state index contributed by atoms with van der Waals surface area (Å²) in [6.45, 7) is 0.975. The number of hydrogen-bond donors (Lipinski definition) is 2. The van der Waals surface area contributed by atoms with Gasteiger partial charge in [0.1, 0.15) is 10.7 Å². The van der Waals surface area contributed by atoms with Crippen molar-refractivity contribution in [3.05, 3.63) is 50.9 Å². The lowest BCUT2D eigenvalue weighted by Gasteiger charge is -2.07. The van der Waals surface area contributed by atoms with Crippen LogP contribution in [-0.2, 0) is 11.3 Å². The van der Waals surface area contributed by atoms with E-state index in [4.69, 9.17) is 16.3 Å². The van der Waals surface area contributed by atoms with Crippen LogP contribution in [0.15, 0.2) is 29.6 Å². The van der Waals surface area contributed by atoms with E-state index in [-0.39, 0.29) is 11.8 Å². The number of halogens is 1. The Morgan fingerprint density at radius 2 is 1.91 bits per heavy atom. The first-order valence-corrected chi connectivity index (χ1v) is 8.12. The number of rotatable bonds is 7. The average Bonchev–Trinajstić information content (AvgIpc) is 3.01. The largest absolute Gasteiger partial charge is 0.378 e. The van der Waals surface area contributed by atoms with Gasteiger partial charge in [0, 0.05) is 25.6 Å². The van der Waals surface area contributed by atoms with E-state index < -0.39 is 0 Å². The minimum atomic E-state index is -0.282. The van der Waals surface area contributed by atoms with Gasteiger partial charge in [-0.15, -0.1) is 11.3 Å². The number of methoxy groups -OCH3 is 1. The van der Waals surface area contributed by atoms with Crippen molar-refractivity contribution in [2.75, 3.05) is 20.2 Å². The maximum absolute atomic E-state index is 11.9. The van der Waals surface area contributed by atoms with E-state index in [9.17, 15) is 9.59 Å². The third-order valence-corrected chi connectivity index (χ3v) is 4.02. The Kier molecular flexibility index (Phi) is 6.52. The number of amides is 2. The predicted octanol–water partition coefficient (Wildman–Crippen LogP) is 2.10. The van der Waals surface area contributed by atoms with Crippen molar-refractivity contribution in [2.45, 2.75) is 6.61 Å². The molecule has 0 saturated heterocycles. The van der Waals surface area contributed by atoms with Crippen LogP contribution >= 0.6 is 22.9 Å². The lowest BCUT2D eigenvalue weighted by Crippen LogP contribution is -2.34. The van der Waals surface area contributed by atoms with E-state index in [1.54, 1.807) is 36.8 Å². The van der Waals surface area contributed by atoms with Crippen molar-refractivity contribution in [3.63, 3.8) is 0 Å². The summed E-state index contributed by atoms with van der Waals surface area (Å²) < 4.78 is 4.96. The molecule has 0 saturated carbocycles. The first-order valence-electron chi connectivity index (χ1n) is 6.86. The molecule has 2 N–H and O–H groups in total. The minimum absolute atomic E-state index is 0.277. The quantitative estimate of drug-likeness (QED) is 0.747. The molecule has 1 aromatic heterocycles. The standard InChI is InChI=1S/C15H16ClN3O3S/c1-22-8-13-19-12(9-23-13)15(21)18-7-6-17-14(20)10-4-2-3-5-11(10)16/h2-5,9H,6-8H2,1H3,(H,17,20)(H,18,21). The van der Waals surface area contributed by atoms with E-state index in [0.29, 0.717) is 36.0 Å². The summed E-state index contributed by atoms with van der Waals surface area (Å²) in [6.07, 6.45) is 0. The van der Waals surface area contributed by atoms with Gasteiger partial charge in [-0.05, 0) is 12.1 Å². The molecule has 0 spiro atoms. The van der Waals surface area contributed by atoms with E-state index >= 15 is 0 Å². The van der Waals surface area contributed by atoms with Crippen LogP contribution < -0.4 is 10.6 Å². The number of ether oxygens (including phenoxy) is 1. The Balaban J connectivity index is 1.75. The van der Waals surface area contributed by atoms with Crippen molar-refractivity contribution in [1.82, 2.24) is 15.6 Å². The summed E-state index contributed by atoms with van der Waals surface area (Å²) in [5, 5.41) is 8.19. The highest BCUT2D eigenvalue weighted by Gasteiger charge is 2.11. The maximum atomic E-state index is 11.9. The second-order valence-corrected chi connectivity index (χ2v) is 5.90. The van der Waals surface area contributed by atoms with E-state index in [1.807, 2.05) is 0 Å². The van der Waals surface area contributed by atoms with Crippen molar-refractivity contribution < 1.29 is 14.3 Å². The third-order valence-electron chi connectivity index (χ3n) is 2.87. The molecule has 1 aromatic carbocycles. The predicted molar refractivity (Wildman–Crippen MR) is 88.9 cm³/mol. The molecule has 0 radical (unpaired) electrons. The molecule has 0 aliphatic carbocycles. The first-order chi connectivity index (χ1) is 11.1. The van der Waals surface area contributed by atoms with Gasteiger partial charge < -0.3 is 15.4 Å². The van der Waals surface area contributed by atoms with E-state index in [0.717, 1.165) is 5.01 Å². The van der Waals surface area contributed by atoms with E-state index in [1.165, 1.54) is 11.3 Å². The summed E-state index contributed by atoms with van der Waals surface area (Å²) in [4.78, 5) is 28.0. The molecule has 0 fully saturated rings. The smallest absolute Gasteiger partial charge is 0.270 e. The van der Waals surface area contributed by atoms with Crippen molar-refractivity contribution in [1.29, 1.82) is 0 Å². The Bertz CT molecular complexity index is 690. The number of nitrogens with one attached hydrogen (secondary N) is 2. The fourth-order valence-corrected chi connectivity index (χ4v) is 2.75. The van der Waals surface area contributed by atoms with Crippen LogP contribution in [0.1, 0.15) is 25.9 Å². The van der Waals surface area contributed by atoms with Gasteiger partial charge in [0.2, 0.25) is 0 Å². The highest BCUT2D eigenvalue weighted by Crippen LogP contribution is 2.14. The lowest BCUT2D eigenvalue weighted by molar-refractivity contribution is 0.0925. The zero-order valence-electron chi connectivity index (χ0n) is 12.5. The molecule has 2 aromatic rings. The van der Waals surface area contributed by atoms with Gasteiger partial charge in [-0.2, -0.15) is 0 Å². The molecule has 0 aliphatic rings. The van der Waals surface area contributed by atoms with Gasteiger partial charge in [0.15, 0.2) is 0 Å². The summed E-state index contributed by atoms with van der Waals surface area (Å²) in [7, 11) is 1.57. The average molecular weight is 354 g/mol. The van der Waals surface area contributed by atoms with Crippen molar-refractivity contribution in [3.8, 4) is 0 Å². The zero-order chi connectivity index (χ0) is 16.7. The van der Waals surface area contributed by atoms with Crippen molar-refractivity contribution >= 4 is 34.8 Å². The molecule has 0 atom stereocenters. The highest BCUT2D eigenvalue weighted by molar-refractivity contribution is 7.09. The molecule has 0 aliphatic heterocycles. The molecule has 2 amide bonds. The van der Waals surface area contributed by atoms with Gasteiger partial charge in [0.25, 0.3) is 11.8 Å². The van der Waals surface area contributed by atoms with Crippen molar-refractivity contribution in [2.24, 2.45) is 0 Å². The normalized spacial score (nSPS) is 10.3. The zero-order valence-corrected chi connectivity index (χ0v) is 14.0. The number of aromatic nitrogens is 1. The van der Waals surface area contributed by atoms with Gasteiger partial charge in [0.05, 0.1) is 17.2 Å². The van der Waals surface area contributed by atoms with Crippen LogP contribution in [0.25, 0.3) is 0 Å². The molecular formula is C15H16ClN3O3S. The molecule has 8 heteroatoms. The fraction of sp³-hybridized carbons (Fsp3) is 0.267. The van der Waals surface area contributed by atoms with Crippen LogP contribution in [0.5, 0.6) is 0 Å². The molecule has 2 rings (SSSR count). The second-order valence-electron chi connectivity index (χ2n) is 4.55. The topological polar surface area (TPSA) is 80.3 Å². The Labute approximate surface area is 142 Å². The minimum Gasteiger partial charge on any atom is -0.378 e. The molecule has 122 valence electrons. The molecule has 1 heterocycles. The van der Waals surface area contributed by atoms with E-state index in [2.05, 4.69) is 15.6 Å². The SMILES string of the molecule is COCc1nc(C(=O)NCCNC(=O)c2ccccc2Cl)cs1. The van der Waals surface area contributed by atoms with Gasteiger partial charge >= 0.3 is 0 Å². The molecule has 23 heavy (non-hydrogen) atoms. The van der Waals surface area contributed by atoms with Crippen LogP contribution in [-0.4, -0.2) is 37.0 Å². The van der Waals surface area contributed by atoms with Gasteiger partial charge in [-0.25, -0.2) is 4.98 Å². The van der Waals surface area contributed by atoms with Gasteiger partial charge in [-0.3, -0.25) is 9.59 Å². The lowest BCUT2D eigenvalue weighted by atomic mass is 10.2. The van der Waals surface area contributed by atoms with Crippen LogP contribution in [0.3, 0.4) is 0 Å². The number of carbonyl (C=O) groups excluding carboxylic acids is 2. The number of nitrogens with zero attached hydrogens (tertiary/aromatic N) is 1. The van der Waals surface area contributed by atoms with Gasteiger partial charge in [-0.1, -0.05) is 23.7 Å². The molecule has 0 bridgehead atoms. The number of carbonyl (C=O) groups is 2. The number of benzene rings is 1. The third kappa shape index (κ3) is 5.02. The Morgan fingerprint density at radius 1 is 1.22 bits per heavy atom. The molecular weight excluding hydrogens is 338 g/mol. The van der Waals surface area contributed by atoms with Crippen LogP contribution in [0, 0.1) is 0 Å². The summed E-state index contributed by atoms with van der Waals surface area (Å²) in [5.41, 5.74) is 0.753. The molecule has 6 nitrogen and oxygen atoms in total. The Morgan fingerprint density at radius 3 is 2.61 bits per heavy atom. The fourth-order valence-electron chi connectivity index (χ4n) is 1.79. The number of thiazole rings is 1. The monoisotopic (exact) mass is 353 g/mol. The summed E-state index contributed by atoms with van der Waals surface area (Å²) in [5.74, 6) is -0.559. The molecule has 0 unspecified atom stereocenters. The number of hydrogen-bond acceptors (Lipinski definition) is 5. The summed E-state index contributed by atoms with van der Waals surface area (Å²) in [6, 6.07) is 6.79. The Hall–Kier alpha value is -1.96. The second kappa shape index (κ2) is 8.61. The highest BCUT2D eigenvalue weighted by atomic mass is 35.5. The van der Waals surface area contributed by atoms with Crippen LogP contribution in [0.2, 0.25) is 5.02 Å². The first kappa shape index (κ1) is 17.4.